The first-order chi connectivity index (χ1) is 17.9. The van der Waals surface area contributed by atoms with Crippen LogP contribution in [0, 0.1) is 10.1 Å². The van der Waals surface area contributed by atoms with Crippen molar-refractivity contribution in [1.29, 1.82) is 0 Å². The topological polar surface area (TPSA) is 120 Å². The summed E-state index contributed by atoms with van der Waals surface area (Å²) in [5.41, 5.74) is -0.155. The fourth-order valence-corrected chi connectivity index (χ4v) is 5.18. The van der Waals surface area contributed by atoms with Gasteiger partial charge in [0.25, 0.3) is 5.69 Å². The standard InChI is InChI=1S/C27H46NO8P.Na/c1-2-3-4-5-6-7-8-9-10-11-12-13-16-26(35-27-17-14-15-22-33-27)23-34-37(31,32)36-25-20-18-24(19-21-25)28(29)30;/h18-21,26-27H,2-17,22-23H2,1H3,(H,31,32);/q;+1/p-1. The Bertz CT molecular complexity index is 792. The van der Waals surface area contributed by atoms with Gasteiger partial charge in [-0.25, -0.2) is 0 Å². The van der Waals surface area contributed by atoms with Gasteiger partial charge in [0.05, 0.1) is 17.6 Å². The van der Waals surface area contributed by atoms with E-state index in [4.69, 9.17) is 18.5 Å². The van der Waals surface area contributed by atoms with Crippen molar-refractivity contribution in [2.45, 2.75) is 122 Å². The van der Waals surface area contributed by atoms with E-state index in [9.17, 15) is 19.6 Å². The molecule has 0 saturated carbocycles. The molecule has 3 unspecified atom stereocenters. The molecule has 1 aliphatic heterocycles. The Morgan fingerprint density at radius 2 is 1.55 bits per heavy atom. The fraction of sp³-hybridized carbons (Fsp3) is 0.778. The number of phosphoric acid groups is 1. The fourth-order valence-electron chi connectivity index (χ4n) is 4.40. The summed E-state index contributed by atoms with van der Waals surface area (Å²) in [5.74, 6) is -0.0435. The summed E-state index contributed by atoms with van der Waals surface area (Å²) < 4.78 is 34.2. The zero-order valence-corrected chi connectivity index (χ0v) is 26.2. The minimum atomic E-state index is -4.67. The summed E-state index contributed by atoms with van der Waals surface area (Å²) in [4.78, 5) is 22.6. The molecule has 1 aromatic carbocycles. The Morgan fingerprint density at radius 3 is 2.08 bits per heavy atom. The van der Waals surface area contributed by atoms with Gasteiger partial charge in [0.1, 0.15) is 5.75 Å². The van der Waals surface area contributed by atoms with Crippen molar-refractivity contribution >= 4 is 13.5 Å². The summed E-state index contributed by atoms with van der Waals surface area (Å²) in [5, 5.41) is 10.8. The van der Waals surface area contributed by atoms with Crippen LogP contribution < -0.4 is 39.0 Å². The van der Waals surface area contributed by atoms with Crippen LogP contribution in [0.25, 0.3) is 0 Å². The van der Waals surface area contributed by atoms with Gasteiger partial charge in [-0.3, -0.25) is 14.7 Å². The largest absolute Gasteiger partial charge is 1.00 e. The van der Waals surface area contributed by atoms with Gasteiger partial charge < -0.3 is 23.4 Å². The van der Waals surface area contributed by atoms with E-state index < -0.39 is 18.8 Å². The molecule has 0 aliphatic carbocycles. The number of hydrogen-bond donors (Lipinski definition) is 0. The predicted octanol–water partition coefficient (Wildman–Crippen LogP) is 4.47. The number of unbranched alkanes of at least 4 members (excludes halogenated alkanes) is 11. The van der Waals surface area contributed by atoms with Crippen LogP contribution in [0.3, 0.4) is 0 Å². The Hall–Kier alpha value is -0.510. The summed E-state index contributed by atoms with van der Waals surface area (Å²) in [6.07, 6.45) is 17.7. The van der Waals surface area contributed by atoms with Gasteiger partial charge in [0.2, 0.25) is 0 Å². The van der Waals surface area contributed by atoms with Crippen LogP contribution in [-0.4, -0.2) is 30.5 Å². The number of rotatable bonds is 21. The maximum atomic E-state index is 12.4. The van der Waals surface area contributed by atoms with Gasteiger partial charge in [-0.05, 0) is 37.8 Å². The molecule has 212 valence electrons. The SMILES string of the molecule is CCCCCCCCCCCCCCC(COP(=O)([O-])Oc1ccc([N+](=O)[O-])cc1)OC1CCCCO1.[Na+]. The average molecular weight is 566 g/mol. The summed E-state index contributed by atoms with van der Waals surface area (Å²) in [7, 11) is -4.67. The molecule has 38 heavy (non-hydrogen) atoms. The molecular weight excluding hydrogens is 520 g/mol. The Labute approximate surface area is 250 Å². The predicted molar refractivity (Wildman–Crippen MR) is 141 cm³/mol. The number of hydrogen-bond acceptors (Lipinski definition) is 8. The second-order valence-corrected chi connectivity index (χ2v) is 11.2. The molecule has 1 aromatic rings. The molecule has 0 aromatic heterocycles. The smallest absolute Gasteiger partial charge is 0.746 e. The van der Waals surface area contributed by atoms with Crippen LogP contribution in [0.1, 0.15) is 110 Å². The minimum absolute atomic E-state index is 0. The van der Waals surface area contributed by atoms with Crippen molar-refractivity contribution < 1.29 is 62.5 Å². The summed E-state index contributed by atoms with van der Waals surface area (Å²) >= 11 is 0. The van der Waals surface area contributed by atoms with Crippen molar-refractivity contribution in [1.82, 2.24) is 0 Å². The van der Waals surface area contributed by atoms with Crippen LogP contribution in [-0.2, 0) is 18.6 Å². The van der Waals surface area contributed by atoms with Gasteiger partial charge in [-0.2, -0.15) is 0 Å². The van der Waals surface area contributed by atoms with E-state index >= 15 is 0 Å². The first kappa shape index (κ1) is 35.5. The quantitative estimate of drug-likeness (QED) is 0.0704. The van der Waals surface area contributed by atoms with Crippen LogP contribution >= 0.6 is 7.82 Å². The van der Waals surface area contributed by atoms with Gasteiger partial charge >= 0.3 is 37.4 Å². The summed E-state index contributed by atoms with van der Waals surface area (Å²) in [6, 6.07) is 4.80. The van der Waals surface area contributed by atoms with E-state index in [0.29, 0.717) is 13.0 Å². The Balaban J connectivity index is 0.00000722. The first-order valence-electron chi connectivity index (χ1n) is 14.1. The molecule has 0 N–H and O–H groups in total. The molecule has 11 heteroatoms. The monoisotopic (exact) mass is 565 g/mol. The normalized spacial score (nSPS) is 17.8. The molecule has 9 nitrogen and oxygen atoms in total. The van der Waals surface area contributed by atoms with E-state index in [-0.39, 0.29) is 53.9 Å². The van der Waals surface area contributed by atoms with Crippen LogP contribution in [0.5, 0.6) is 5.75 Å². The second kappa shape index (κ2) is 21.3. The van der Waals surface area contributed by atoms with Crippen molar-refractivity contribution in [3.63, 3.8) is 0 Å². The number of nitrogens with zero attached hydrogens (tertiary/aromatic N) is 1. The maximum Gasteiger partial charge on any atom is 1.00 e. The van der Waals surface area contributed by atoms with Crippen molar-refractivity contribution in [2.24, 2.45) is 0 Å². The van der Waals surface area contributed by atoms with Gasteiger partial charge in [0, 0.05) is 18.7 Å². The van der Waals surface area contributed by atoms with Crippen LogP contribution in [0.15, 0.2) is 24.3 Å². The first-order valence-corrected chi connectivity index (χ1v) is 15.5. The number of benzene rings is 1. The van der Waals surface area contributed by atoms with E-state index in [1.165, 1.54) is 82.1 Å². The zero-order chi connectivity index (χ0) is 26.8. The average Bonchev–Trinajstić information content (AvgIpc) is 2.88. The summed E-state index contributed by atoms with van der Waals surface area (Å²) in [6.45, 7) is 2.72. The Kier molecular flexibility index (Phi) is 19.9. The third-order valence-corrected chi connectivity index (χ3v) is 7.44. The molecule has 0 spiro atoms. The van der Waals surface area contributed by atoms with Gasteiger partial charge in [0.15, 0.2) is 6.29 Å². The molecule has 0 bridgehead atoms. The van der Waals surface area contributed by atoms with Crippen molar-refractivity contribution in [3.05, 3.63) is 34.4 Å². The Morgan fingerprint density at radius 1 is 0.974 bits per heavy atom. The molecular formula is C27H45NNaO8P. The third-order valence-electron chi connectivity index (χ3n) is 6.55. The number of nitro groups is 1. The molecule has 1 saturated heterocycles. The molecule has 0 amide bonds. The molecule has 3 atom stereocenters. The van der Waals surface area contributed by atoms with Crippen molar-refractivity contribution in [3.8, 4) is 5.75 Å². The molecule has 1 heterocycles. The van der Waals surface area contributed by atoms with E-state index in [1.807, 2.05) is 0 Å². The van der Waals surface area contributed by atoms with Crippen LogP contribution in [0.2, 0.25) is 0 Å². The van der Waals surface area contributed by atoms with Gasteiger partial charge in [-0.15, -0.1) is 0 Å². The molecule has 2 rings (SSSR count). The third kappa shape index (κ3) is 16.6. The molecule has 0 radical (unpaired) electrons. The van der Waals surface area contributed by atoms with E-state index in [1.54, 1.807) is 0 Å². The number of non-ortho nitro benzene ring substituents is 1. The maximum absolute atomic E-state index is 12.4. The number of nitro benzene ring substituents is 1. The molecule has 1 fully saturated rings. The van der Waals surface area contributed by atoms with Crippen LogP contribution in [0.4, 0.5) is 5.69 Å². The zero-order valence-electron chi connectivity index (χ0n) is 23.4. The van der Waals surface area contributed by atoms with E-state index in [2.05, 4.69) is 6.92 Å². The number of ether oxygens (including phenoxy) is 2. The van der Waals surface area contributed by atoms with Gasteiger partial charge in [-0.1, -0.05) is 84.0 Å². The number of phosphoric ester groups is 1. The molecule has 1 aliphatic rings. The second-order valence-electron chi connectivity index (χ2n) is 9.82. The van der Waals surface area contributed by atoms with E-state index in [0.717, 1.165) is 38.5 Å². The van der Waals surface area contributed by atoms with Crippen molar-refractivity contribution in [2.75, 3.05) is 13.2 Å². The minimum Gasteiger partial charge on any atom is -0.746 e.